The Balaban J connectivity index is 1.83. The Labute approximate surface area is 124 Å². The number of hydrogen-bond donors (Lipinski definition) is 1. The minimum Gasteiger partial charge on any atom is -0.343 e. The number of nitrogens with zero attached hydrogens (tertiary/aromatic N) is 3. The maximum absolute atomic E-state index is 10.9. The third-order valence-corrected chi connectivity index (χ3v) is 5.32. The fourth-order valence-electron chi connectivity index (χ4n) is 2.48. The van der Waals surface area contributed by atoms with Crippen molar-refractivity contribution in [3.8, 4) is 0 Å². The van der Waals surface area contributed by atoms with Crippen LogP contribution in [0.2, 0.25) is 0 Å². The van der Waals surface area contributed by atoms with Gasteiger partial charge >= 0.3 is 0 Å². The number of thiazole rings is 1. The van der Waals surface area contributed by atoms with Crippen LogP contribution in [0.1, 0.15) is 19.0 Å². The van der Waals surface area contributed by atoms with E-state index in [2.05, 4.69) is 27.1 Å². The van der Waals surface area contributed by atoms with Gasteiger partial charge in [-0.25, -0.2) is 18.5 Å². The summed E-state index contributed by atoms with van der Waals surface area (Å²) in [5.41, 5.74) is 1.06. The zero-order valence-corrected chi connectivity index (χ0v) is 13.6. The van der Waals surface area contributed by atoms with Gasteiger partial charge in [0.25, 0.3) is 0 Å². The quantitative estimate of drug-likeness (QED) is 0.862. The zero-order valence-electron chi connectivity index (χ0n) is 11.9. The molecule has 6 nitrogen and oxygen atoms in total. The second kappa shape index (κ2) is 6.38. The highest BCUT2D eigenvalue weighted by molar-refractivity contribution is 7.89. The number of rotatable bonds is 5. The summed E-state index contributed by atoms with van der Waals surface area (Å²) < 4.78 is 21.8. The topological polar surface area (TPSA) is 79.5 Å². The SMILES string of the molecule is Cc1csc(N2CCN(CCCS(N)(=O)=O)CC2C)n1. The first kappa shape index (κ1) is 15.7. The van der Waals surface area contributed by atoms with Gasteiger partial charge in [0.2, 0.25) is 10.0 Å². The van der Waals surface area contributed by atoms with Gasteiger partial charge in [-0.3, -0.25) is 4.90 Å². The molecule has 0 saturated carbocycles. The minimum absolute atomic E-state index is 0.0628. The smallest absolute Gasteiger partial charge is 0.209 e. The van der Waals surface area contributed by atoms with E-state index in [1.165, 1.54) is 0 Å². The summed E-state index contributed by atoms with van der Waals surface area (Å²) in [7, 11) is -3.33. The Morgan fingerprint density at radius 2 is 2.25 bits per heavy atom. The van der Waals surface area contributed by atoms with Crippen LogP contribution in [-0.2, 0) is 10.0 Å². The lowest BCUT2D eigenvalue weighted by atomic mass is 10.2. The predicted octanol–water partition coefficient (Wildman–Crippen LogP) is 0.641. The molecule has 1 unspecified atom stereocenters. The molecule has 1 aliphatic heterocycles. The summed E-state index contributed by atoms with van der Waals surface area (Å²) in [6, 6.07) is 0.392. The lowest BCUT2D eigenvalue weighted by Gasteiger charge is -2.39. The second-order valence-corrected chi connectivity index (χ2v) is 7.91. The summed E-state index contributed by atoms with van der Waals surface area (Å²) in [6.07, 6.45) is 0.599. The molecule has 8 heteroatoms. The number of hydrogen-bond acceptors (Lipinski definition) is 6. The van der Waals surface area contributed by atoms with E-state index in [4.69, 9.17) is 5.14 Å². The molecule has 0 spiro atoms. The van der Waals surface area contributed by atoms with Crippen LogP contribution >= 0.6 is 11.3 Å². The highest BCUT2D eigenvalue weighted by atomic mass is 32.2. The summed E-state index contributed by atoms with van der Waals surface area (Å²) >= 11 is 1.68. The summed E-state index contributed by atoms with van der Waals surface area (Å²) in [4.78, 5) is 9.16. The molecule has 1 aliphatic rings. The van der Waals surface area contributed by atoms with Crippen LogP contribution in [-0.4, -0.2) is 56.3 Å². The van der Waals surface area contributed by atoms with E-state index in [9.17, 15) is 8.42 Å². The standard InChI is InChI=1S/C12H22N4O2S2/c1-10-9-19-12(14-10)16-6-5-15(8-11(16)2)4-3-7-20(13,17)18/h9,11H,3-8H2,1-2H3,(H2,13,17,18). The number of nitrogens with two attached hydrogens (primary N) is 1. The Kier molecular flexibility index (Phi) is 5.00. The molecule has 2 rings (SSSR count). The van der Waals surface area contributed by atoms with Gasteiger partial charge < -0.3 is 4.90 Å². The van der Waals surface area contributed by atoms with Crippen molar-refractivity contribution in [2.24, 2.45) is 5.14 Å². The van der Waals surface area contributed by atoms with E-state index < -0.39 is 10.0 Å². The average molecular weight is 318 g/mol. The number of aromatic nitrogens is 1. The average Bonchev–Trinajstić information content (AvgIpc) is 2.74. The van der Waals surface area contributed by atoms with Crippen molar-refractivity contribution in [2.75, 3.05) is 36.8 Å². The van der Waals surface area contributed by atoms with Gasteiger partial charge in [-0.15, -0.1) is 11.3 Å². The van der Waals surface area contributed by atoms with Crippen LogP contribution in [0.15, 0.2) is 5.38 Å². The first-order valence-electron chi connectivity index (χ1n) is 6.77. The van der Waals surface area contributed by atoms with Gasteiger partial charge in [-0.05, 0) is 26.8 Å². The lowest BCUT2D eigenvalue weighted by Crippen LogP contribution is -2.52. The maximum atomic E-state index is 10.9. The molecule has 0 radical (unpaired) electrons. The number of anilines is 1. The van der Waals surface area contributed by atoms with E-state index in [0.29, 0.717) is 12.5 Å². The van der Waals surface area contributed by atoms with Crippen LogP contribution in [0.25, 0.3) is 0 Å². The van der Waals surface area contributed by atoms with Crippen molar-refractivity contribution in [2.45, 2.75) is 26.3 Å². The van der Waals surface area contributed by atoms with E-state index in [1.54, 1.807) is 11.3 Å². The number of piperazine rings is 1. The fraction of sp³-hybridized carbons (Fsp3) is 0.750. The van der Waals surface area contributed by atoms with Crippen molar-refractivity contribution in [1.29, 1.82) is 0 Å². The zero-order chi connectivity index (χ0) is 14.8. The molecule has 0 aliphatic carbocycles. The van der Waals surface area contributed by atoms with Gasteiger partial charge in [-0.2, -0.15) is 0 Å². The van der Waals surface area contributed by atoms with Crippen LogP contribution < -0.4 is 10.0 Å². The summed E-state index contributed by atoms with van der Waals surface area (Å²) in [5.74, 6) is 0.0628. The highest BCUT2D eigenvalue weighted by Crippen LogP contribution is 2.24. The number of sulfonamides is 1. The summed E-state index contributed by atoms with van der Waals surface area (Å²) in [5, 5.41) is 8.17. The molecule has 1 aromatic heterocycles. The monoisotopic (exact) mass is 318 g/mol. The molecular weight excluding hydrogens is 296 g/mol. The lowest BCUT2D eigenvalue weighted by molar-refractivity contribution is 0.229. The molecule has 0 bridgehead atoms. The molecule has 20 heavy (non-hydrogen) atoms. The van der Waals surface area contributed by atoms with Crippen molar-refractivity contribution < 1.29 is 8.42 Å². The summed E-state index contributed by atoms with van der Waals surface area (Å²) in [6.45, 7) is 7.78. The second-order valence-electron chi connectivity index (χ2n) is 5.34. The van der Waals surface area contributed by atoms with Gasteiger partial charge in [0.15, 0.2) is 5.13 Å². The van der Waals surface area contributed by atoms with E-state index in [0.717, 1.165) is 37.0 Å². The third kappa shape index (κ3) is 4.41. The molecule has 2 N–H and O–H groups in total. The molecule has 1 aromatic rings. The Hall–Kier alpha value is -0.700. The van der Waals surface area contributed by atoms with Crippen molar-refractivity contribution in [3.05, 3.63) is 11.1 Å². The third-order valence-electron chi connectivity index (χ3n) is 3.47. The normalized spacial score (nSPS) is 21.4. The molecule has 1 saturated heterocycles. The van der Waals surface area contributed by atoms with E-state index in [-0.39, 0.29) is 5.75 Å². The van der Waals surface area contributed by atoms with Crippen LogP contribution in [0.4, 0.5) is 5.13 Å². The number of aryl methyl sites for hydroxylation is 1. The Morgan fingerprint density at radius 3 is 2.80 bits per heavy atom. The van der Waals surface area contributed by atoms with E-state index >= 15 is 0 Å². The molecule has 2 heterocycles. The Morgan fingerprint density at radius 1 is 1.50 bits per heavy atom. The molecule has 0 aromatic carbocycles. The molecule has 1 fully saturated rings. The predicted molar refractivity (Wildman–Crippen MR) is 82.7 cm³/mol. The van der Waals surface area contributed by atoms with Gasteiger partial charge in [0, 0.05) is 31.1 Å². The van der Waals surface area contributed by atoms with Gasteiger partial charge in [0.05, 0.1) is 11.4 Å². The Bertz CT molecular complexity index is 543. The fourth-order valence-corrected chi connectivity index (χ4v) is 3.95. The minimum atomic E-state index is -3.33. The van der Waals surface area contributed by atoms with Crippen LogP contribution in [0.5, 0.6) is 0 Å². The largest absolute Gasteiger partial charge is 0.343 e. The first-order valence-corrected chi connectivity index (χ1v) is 9.36. The first-order chi connectivity index (χ1) is 9.35. The maximum Gasteiger partial charge on any atom is 0.209 e. The van der Waals surface area contributed by atoms with Crippen LogP contribution in [0.3, 0.4) is 0 Å². The molecule has 0 amide bonds. The van der Waals surface area contributed by atoms with E-state index in [1.807, 2.05) is 6.92 Å². The van der Waals surface area contributed by atoms with Gasteiger partial charge in [0.1, 0.15) is 0 Å². The molecule has 114 valence electrons. The van der Waals surface area contributed by atoms with Crippen LogP contribution in [0, 0.1) is 6.92 Å². The van der Waals surface area contributed by atoms with Crippen molar-refractivity contribution >= 4 is 26.5 Å². The highest BCUT2D eigenvalue weighted by Gasteiger charge is 2.25. The van der Waals surface area contributed by atoms with Gasteiger partial charge in [-0.1, -0.05) is 0 Å². The van der Waals surface area contributed by atoms with Crippen molar-refractivity contribution in [1.82, 2.24) is 9.88 Å². The molecular formula is C12H22N4O2S2. The van der Waals surface area contributed by atoms with Crippen molar-refractivity contribution in [3.63, 3.8) is 0 Å². The molecule has 1 atom stereocenters. The number of primary sulfonamides is 1.